The van der Waals surface area contributed by atoms with Crippen LogP contribution in [0.5, 0.6) is 0 Å². The highest BCUT2D eigenvalue weighted by molar-refractivity contribution is 7.23. The first-order valence-corrected chi connectivity index (χ1v) is 10.9. The molecular formula is C27H22N2S. The number of aryl methyl sites for hydroxylation is 3. The molecule has 5 aromatic rings. The van der Waals surface area contributed by atoms with Gasteiger partial charge in [0.05, 0.1) is 15.9 Å². The maximum absolute atomic E-state index is 4.66. The second-order valence-corrected chi connectivity index (χ2v) is 8.80. The Hall–Kier alpha value is -3.30. The summed E-state index contributed by atoms with van der Waals surface area (Å²) in [6, 6.07) is 25.9. The Balaban J connectivity index is 1.62. The average molecular weight is 407 g/mol. The van der Waals surface area contributed by atoms with Gasteiger partial charge in [0.1, 0.15) is 6.33 Å². The number of aromatic nitrogens is 2. The lowest BCUT2D eigenvalue weighted by Gasteiger charge is -2.05. The molecule has 2 aromatic heterocycles. The Morgan fingerprint density at radius 3 is 1.97 bits per heavy atom. The van der Waals surface area contributed by atoms with E-state index in [4.69, 9.17) is 0 Å². The van der Waals surface area contributed by atoms with Crippen molar-refractivity contribution in [2.24, 2.45) is 0 Å². The van der Waals surface area contributed by atoms with Crippen molar-refractivity contribution in [2.45, 2.75) is 20.8 Å². The largest absolute Gasteiger partial charge is 0.235 e. The van der Waals surface area contributed by atoms with E-state index in [1.54, 1.807) is 17.7 Å². The van der Waals surface area contributed by atoms with Crippen molar-refractivity contribution in [3.05, 3.63) is 95.8 Å². The second kappa shape index (κ2) is 7.51. The summed E-state index contributed by atoms with van der Waals surface area (Å²) in [5, 5.41) is 0. The van der Waals surface area contributed by atoms with Crippen molar-refractivity contribution >= 4 is 21.6 Å². The van der Waals surface area contributed by atoms with Crippen LogP contribution in [-0.2, 0) is 0 Å². The van der Waals surface area contributed by atoms with E-state index in [2.05, 4.69) is 97.5 Å². The molecule has 146 valence electrons. The summed E-state index contributed by atoms with van der Waals surface area (Å²) in [5.74, 6) is 0. The highest BCUT2D eigenvalue weighted by Crippen LogP contribution is 2.41. The molecule has 30 heavy (non-hydrogen) atoms. The summed E-state index contributed by atoms with van der Waals surface area (Å²) in [6.45, 7) is 6.43. The third kappa shape index (κ3) is 3.31. The number of thiophene rings is 1. The molecule has 0 aliphatic heterocycles. The van der Waals surface area contributed by atoms with Crippen LogP contribution in [0, 0.1) is 20.8 Å². The van der Waals surface area contributed by atoms with E-state index in [1.165, 1.54) is 38.3 Å². The molecule has 0 bridgehead atoms. The minimum atomic E-state index is 1.02. The predicted molar refractivity (Wildman–Crippen MR) is 128 cm³/mol. The number of rotatable bonds is 3. The van der Waals surface area contributed by atoms with E-state index in [0.29, 0.717) is 0 Å². The van der Waals surface area contributed by atoms with Gasteiger partial charge in [0.25, 0.3) is 0 Å². The van der Waals surface area contributed by atoms with Crippen LogP contribution in [0.15, 0.2) is 79.1 Å². The molecule has 5 rings (SSSR count). The molecule has 0 aliphatic rings. The van der Waals surface area contributed by atoms with Gasteiger partial charge in [-0.2, -0.15) is 0 Å². The first kappa shape index (κ1) is 18.7. The minimum Gasteiger partial charge on any atom is -0.235 e. The van der Waals surface area contributed by atoms with Crippen LogP contribution >= 0.6 is 11.3 Å². The van der Waals surface area contributed by atoms with Crippen molar-refractivity contribution in [2.75, 3.05) is 0 Å². The Labute approximate surface area is 180 Å². The Morgan fingerprint density at radius 1 is 0.633 bits per heavy atom. The molecule has 0 amide bonds. The van der Waals surface area contributed by atoms with Crippen LogP contribution in [0.2, 0.25) is 0 Å². The SMILES string of the molecule is Cc1cc(C)cc(-c2ncnc3c(C)c(-c4ccc(-c5ccccc5)cc4)sc23)c1. The van der Waals surface area contributed by atoms with E-state index in [-0.39, 0.29) is 0 Å². The summed E-state index contributed by atoms with van der Waals surface area (Å²) in [6.07, 6.45) is 1.69. The normalized spacial score (nSPS) is 11.2. The standard InChI is InChI=1S/C27H22N2S/c1-17-13-18(2)15-23(14-17)25-27-24(28-16-29-25)19(3)26(30-27)22-11-9-21(10-12-22)20-7-5-4-6-8-20/h4-16H,1-3H3. The van der Waals surface area contributed by atoms with Crippen LogP contribution in [0.4, 0.5) is 0 Å². The molecule has 0 N–H and O–H groups in total. The van der Waals surface area contributed by atoms with Crippen molar-refractivity contribution in [1.82, 2.24) is 9.97 Å². The van der Waals surface area contributed by atoms with Gasteiger partial charge in [0.15, 0.2) is 0 Å². The molecular weight excluding hydrogens is 384 g/mol. The van der Waals surface area contributed by atoms with Crippen molar-refractivity contribution in [3.63, 3.8) is 0 Å². The topological polar surface area (TPSA) is 25.8 Å². The number of fused-ring (bicyclic) bond motifs is 1. The maximum Gasteiger partial charge on any atom is 0.116 e. The van der Waals surface area contributed by atoms with Crippen LogP contribution in [0.3, 0.4) is 0 Å². The zero-order chi connectivity index (χ0) is 20.7. The third-order valence-electron chi connectivity index (χ3n) is 5.45. The predicted octanol–water partition coefficient (Wildman–Crippen LogP) is 7.62. The Morgan fingerprint density at radius 2 is 1.27 bits per heavy atom. The van der Waals surface area contributed by atoms with Crippen molar-refractivity contribution in [3.8, 4) is 32.8 Å². The molecule has 2 heterocycles. The quantitative estimate of drug-likeness (QED) is 0.308. The summed E-state index contributed by atoms with van der Waals surface area (Å²) >= 11 is 1.79. The van der Waals surface area contributed by atoms with Crippen LogP contribution in [0.25, 0.3) is 43.0 Å². The van der Waals surface area contributed by atoms with E-state index in [1.807, 2.05) is 6.07 Å². The lowest BCUT2D eigenvalue weighted by Crippen LogP contribution is -1.88. The summed E-state index contributed by atoms with van der Waals surface area (Å²) < 4.78 is 1.15. The molecule has 0 fully saturated rings. The van der Waals surface area contributed by atoms with Crippen molar-refractivity contribution < 1.29 is 0 Å². The summed E-state index contributed by atoms with van der Waals surface area (Å²) in [4.78, 5) is 10.5. The maximum atomic E-state index is 4.66. The molecule has 0 spiro atoms. The smallest absolute Gasteiger partial charge is 0.116 e. The fraction of sp³-hybridized carbons (Fsp3) is 0.111. The van der Waals surface area contributed by atoms with Crippen molar-refractivity contribution in [1.29, 1.82) is 0 Å². The lowest BCUT2D eigenvalue weighted by atomic mass is 10.0. The molecule has 0 unspecified atom stereocenters. The highest BCUT2D eigenvalue weighted by atomic mass is 32.1. The van der Waals surface area contributed by atoms with Gasteiger partial charge in [0.2, 0.25) is 0 Å². The first-order chi connectivity index (χ1) is 14.6. The fourth-order valence-corrected chi connectivity index (χ4v) is 5.34. The molecule has 0 aliphatic carbocycles. The van der Waals surface area contributed by atoms with Gasteiger partial charge in [-0.3, -0.25) is 0 Å². The van der Waals surface area contributed by atoms with E-state index in [9.17, 15) is 0 Å². The van der Waals surface area contributed by atoms with Gasteiger partial charge in [-0.25, -0.2) is 9.97 Å². The fourth-order valence-electron chi connectivity index (χ4n) is 4.06. The Kier molecular flexibility index (Phi) is 4.68. The van der Waals surface area contributed by atoms with Crippen LogP contribution in [0.1, 0.15) is 16.7 Å². The van der Waals surface area contributed by atoms with Gasteiger partial charge in [-0.1, -0.05) is 71.8 Å². The molecule has 2 nitrogen and oxygen atoms in total. The van der Waals surface area contributed by atoms with Crippen LogP contribution < -0.4 is 0 Å². The average Bonchev–Trinajstić information content (AvgIpc) is 3.10. The van der Waals surface area contributed by atoms with E-state index < -0.39 is 0 Å². The number of hydrogen-bond donors (Lipinski definition) is 0. The molecule has 0 saturated heterocycles. The minimum absolute atomic E-state index is 1.02. The second-order valence-electron chi connectivity index (χ2n) is 7.78. The lowest BCUT2D eigenvalue weighted by molar-refractivity contribution is 1.22. The van der Waals surface area contributed by atoms with Gasteiger partial charge >= 0.3 is 0 Å². The van der Waals surface area contributed by atoms with E-state index >= 15 is 0 Å². The third-order valence-corrected chi connectivity index (χ3v) is 6.79. The summed E-state index contributed by atoms with van der Waals surface area (Å²) in [5.41, 5.74) is 10.6. The summed E-state index contributed by atoms with van der Waals surface area (Å²) in [7, 11) is 0. The number of nitrogens with zero attached hydrogens (tertiary/aromatic N) is 2. The van der Waals surface area contributed by atoms with E-state index in [0.717, 1.165) is 21.5 Å². The molecule has 3 heteroatoms. The van der Waals surface area contributed by atoms with Gasteiger partial charge < -0.3 is 0 Å². The number of benzene rings is 3. The van der Waals surface area contributed by atoms with Gasteiger partial charge in [0, 0.05) is 10.4 Å². The highest BCUT2D eigenvalue weighted by Gasteiger charge is 2.16. The first-order valence-electron chi connectivity index (χ1n) is 10.1. The molecule has 3 aromatic carbocycles. The monoisotopic (exact) mass is 406 g/mol. The van der Waals surface area contributed by atoms with Gasteiger partial charge in [-0.05, 0) is 55.2 Å². The molecule has 0 saturated carbocycles. The van der Waals surface area contributed by atoms with Gasteiger partial charge in [-0.15, -0.1) is 11.3 Å². The Bertz CT molecular complexity index is 1330. The molecule has 0 radical (unpaired) electrons. The molecule has 0 atom stereocenters. The zero-order valence-electron chi connectivity index (χ0n) is 17.3. The van der Waals surface area contributed by atoms with Crippen LogP contribution in [-0.4, -0.2) is 9.97 Å². The number of hydrogen-bond acceptors (Lipinski definition) is 3. The zero-order valence-corrected chi connectivity index (χ0v) is 18.1.